The number of halogens is 1. The van der Waals surface area contributed by atoms with Crippen LogP contribution in [0.25, 0.3) is 11.1 Å². The molecule has 16 nitrogen and oxygen atoms in total. The molecule has 0 spiro atoms. The van der Waals surface area contributed by atoms with Crippen molar-refractivity contribution in [2.24, 2.45) is 0 Å². The van der Waals surface area contributed by atoms with Gasteiger partial charge in [0.05, 0.1) is 23.4 Å². The van der Waals surface area contributed by atoms with E-state index in [4.69, 9.17) is 23.1 Å². The van der Waals surface area contributed by atoms with Gasteiger partial charge in [0, 0.05) is 66.5 Å². The molecular formula is C47H48BrN5O11S. The normalized spacial score (nSPS) is 15.5. The Kier molecular flexibility index (Phi) is 14.2. The third-order valence-corrected chi connectivity index (χ3v) is 13.3. The Morgan fingerprint density at radius 3 is 2.49 bits per heavy atom. The molecule has 3 heterocycles. The number of hydrogen-bond donors (Lipinski definition) is 4. The topological polar surface area (TPSA) is 194 Å². The first-order valence-corrected chi connectivity index (χ1v) is 23.3. The predicted molar refractivity (Wildman–Crippen MR) is 246 cm³/mol. The Morgan fingerprint density at radius 2 is 1.72 bits per heavy atom. The number of aromatic hydroxyl groups is 1. The van der Waals surface area contributed by atoms with Gasteiger partial charge in [-0.2, -0.15) is 8.42 Å². The summed E-state index contributed by atoms with van der Waals surface area (Å²) in [5.41, 5.74) is 5.25. The van der Waals surface area contributed by atoms with E-state index in [1.54, 1.807) is 23.1 Å². The zero-order valence-electron chi connectivity index (χ0n) is 35.5. The first-order chi connectivity index (χ1) is 31.4. The number of likely N-dealkylation sites (tertiary alicyclic amines) is 1. The first kappa shape index (κ1) is 45.4. The van der Waals surface area contributed by atoms with Crippen LogP contribution < -0.4 is 30.3 Å². The van der Waals surface area contributed by atoms with Crippen LogP contribution in [0.15, 0.2) is 112 Å². The molecule has 1 atom stereocenters. The van der Waals surface area contributed by atoms with Gasteiger partial charge in [0.1, 0.15) is 36.0 Å². The number of phenols is 1. The molecule has 0 radical (unpaired) electrons. The average Bonchev–Trinajstić information content (AvgIpc) is 3.72. The van der Waals surface area contributed by atoms with Gasteiger partial charge < -0.3 is 34.7 Å². The molecule has 3 aliphatic rings. The zero-order chi connectivity index (χ0) is 45.5. The van der Waals surface area contributed by atoms with Crippen molar-refractivity contribution in [3.05, 3.63) is 124 Å². The van der Waals surface area contributed by atoms with E-state index in [9.17, 15) is 27.9 Å². The van der Waals surface area contributed by atoms with Crippen molar-refractivity contribution in [1.29, 1.82) is 0 Å². The summed E-state index contributed by atoms with van der Waals surface area (Å²) in [4.78, 5) is 42.1. The number of hydrogen-bond acceptors (Lipinski definition) is 13. The lowest BCUT2D eigenvalue weighted by Gasteiger charge is -2.31. The second-order valence-electron chi connectivity index (χ2n) is 15.6. The minimum Gasteiger partial charge on any atom is -0.506 e. The average molecular weight is 971 g/mol. The van der Waals surface area contributed by atoms with E-state index >= 15 is 0 Å². The second kappa shape index (κ2) is 20.3. The van der Waals surface area contributed by atoms with Gasteiger partial charge in [0.15, 0.2) is 12.4 Å². The SMILES string of the molecule is COc1cc2c(cc1CNC[C@H](OS(=O)(=O)c1ccc(Br)cc1)c1ccc(O)c3c1OCC(=O)N3)CCN2C(=O)OCCN1CCC(OC(=O)Nc2ccccc2-c2ccccc2)CC1. The molecule has 0 saturated carbocycles. The van der Waals surface area contributed by atoms with Crippen LogP contribution in [0.3, 0.4) is 0 Å². The highest BCUT2D eigenvalue weighted by molar-refractivity contribution is 9.10. The third kappa shape index (κ3) is 10.9. The summed E-state index contributed by atoms with van der Waals surface area (Å²) in [6.45, 7) is 2.38. The Hall–Kier alpha value is -6.18. The number of anilines is 3. The minimum absolute atomic E-state index is 0.0205. The van der Waals surface area contributed by atoms with Crippen LogP contribution in [-0.4, -0.2) is 95.7 Å². The number of nitrogens with zero attached hydrogens (tertiary/aromatic N) is 2. The number of fused-ring (bicyclic) bond motifs is 2. The van der Waals surface area contributed by atoms with Gasteiger partial charge in [-0.15, -0.1) is 0 Å². The van der Waals surface area contributed by atoms with Gasteiger partial charge in [-0.05, 0) is 78.9 Å². The quantitative estimate of drug-likeness (QED) is 0.0592. The molecule has 0 aliphatic carbocycles. The van der Waals surface area contributed by atoms with Crippen molar-refractivity contribution in [2.45, 2.75) is 42.9 Å². The number of phenolic OH excluding ortho intramolecular Hbond substituents is 1. The van der Waals surface area contributed by atoms with E-state index in [0.717, 1.165) is 22.3 Å². The maximum absolute atomic E-state index is 13.5. The van der Waals surface area contributed by atoms with Crippen molar-refractivity contribution < 1.29 is 51.0 Å². The van der Waals surface area contributed by atoms with E-state index in [0.29, 0.717) is 72.6 Å². The lowest BCUT2D eigenvalue weighted by Crippen LogP contribution is -2.40. The van der Waals surface area contributed by atoms with Gasteiger partial charge in [-0.1, -0.05) is 64.5 Å². The van der Waals surface area contributed by atoms with Crippen molar-refractivity contribution in [3.8, 4) is 28.4 Å². The lowest BCUT2D eigenvalue weighted by molar-refractivity contribution is -0.118. The maximum atomic E-state index is 13.5. The standard InChI is InChI=1S/C47H48BrN5O11S/c1-60-41-26-39-31(25-32(41)27-49-28-42(64-65(58,59)35-13-11-33(48)12-14-35)37-15-16-40(54)44-45(37)62-29-43(55)51-44)17-22-53(39)47(57)61-24-23-52-20-18-34(19-21-52)63-46(56)50-38-10-6-5-9-36(38)30-7-3-2-4-8-30/h2-16,25-26,34,42,49,54H,17-24,27-29H2,1H3,(H,50,56)(H,51,55)/t42-/m0/s1. The van der Waals surface area contributed by atoms with E-state index in [2.05, 4.69) is 36.8 Å². The lowest BCUT2D eigenvalue weighted by atomic mass is 10.0. The van der Waals surface area contributed by atoms with E-state index < -0.39 is 34.3 Å². The number of carbonyl (C=O) groups is 3. The van der Waals surface area contributed by atoms with E-state index in [-0.39, 0.29) is 54.5 Å². The molecule has 8 rings (SSSR count). The van der Waals surface area contributed by atoms with Crippen LogP contribution in [0.1, 0.15) is 35.6 Å². The van der Waals surface area contributed by atoms with E-state index in [1.807, 2.05) is 60.7 Å². The Labute approximate surface area is 385 Å². The summed E-state index contributed by atoms with van der Waals surface area (Å²) in [5.74, 6) is -0.110. The Morgan fingerprint density at radius 1 is 0.969 bits per heavy atom. The predicted octanol–water partition coefficient (Wildman–Crippen LogP) is 7.61. The Balaban J connectivity index is 0.841. The van der Waals surface area contributed by atoms with Crippen LogP contribution in [0, 0.1) is 0 Å². The number of piperidine rings is 1. The summed E-state index contributed by atoms with van der Waals surface area (Å²) >= 11 is 3.32. The van der Waals surface area contributed by atoms with Crippen LogP contribution in [0.4, 0.5) is 26.7 Å². The molecule has 0 bridgehead atoms. The van der Waals surface area contributed by atoms with Crippen molar-refractivity contribution in [3.63, 3.8) is 0 Å². The summed E-state index contributed by atoms with van der Waals surface area (Å²) < 4.78 is 56.5. The maximum Gasteiger partial charge on any atom is 0.414 e. The second-order valence-corrected chi connectivity index (χ2v) is 18.1. The largest absolute Gasteiger partial charge is 0.506 e. The number of ether oxygens (including phenoxy) is 4. The Bertz CT molecular complexity index is 2650. The molecule has 0 unspecified atom stereocenters. The number of carbonyl (C=O) groups excluding carboxylic acids is 3. The summed E-state index contributed by atoms with van der Waals surface area (Å²) in [6, 6.07) is 30.0. The molecule has 3 amide bonds. The van der Waals surface area contributed by atoms with Gasteiger partial charge in [0.25, 0.3) is 16.0 Å². The van der Waals surface area contributed by atoms with Crippen LogP contribution in [-0.2, 0) is 41.5 Å². The highest BCUT2D eigenvalue weighted by Gasteiger charge is 2.32. The van der Waals surface area contributed by atoms with Gasteiger partial charge in [0.2, 0.25) is 0 Å². The number of para-hydroxylation sites is 1. The number of rotatable bonds is 15. The van der Waals surface area contributed by atoms with Gasteiger partial charge in [-0.25, -0.2) is 9.59 Å². The molecule has 3 aliphatic heterocycles. The fourth-order valence-electron chi connectivity index (χ4n) is 8.10. The van der Waals surface area contributed by atoms with Crippen molar-refractivity contribution >= 4 is 61.2 Å². The highest BCUT2D eigenvalue weighted by Crippen LogP contribution is 2.43. The molecular weight excluding hydrogens is 923 g/mol. The molecule has 340 valence electrons. The molecule has 1 saturated heterocycles. The summed E-state index contributed by atoms with van der Waals surface area (Å²) in [6.07, 6.45) is -0.446. The molecule has 4 N–H and O–H groups in total. The molecule has 1 fully saturated rings. The summed E-state index contributed by atoms with van der Waals surface area (Å²) in [7, 11) is -2.77. The van der Waals surface area contributed by atoms with Crippen LogP contribution >= 0.6 is 15.9 Å². The fourth-order valence-corrected chi connectivity index (χ4v) is 9.43. The van der Waals surface area contributed by atoms with Crippen LogP contribution in [0.2, 0.25) is 0 Å². The smallest absolute Gasteiger partial charge is 0.414 e. The number of benzene rings is 5. The fraction of sp³-hybridized carbons (Fsp3) is 0.298. The zero-order valence-corrected chi connectivity index (χ0v) is 37.9. The molecule has 0 aromatic heterocycles. The molecule has 65 heavy (non-hydrogen) atoms. The van der Waals surface area contributed by atoms with Crippen LogP contribution in [0.5, 0.6) is 17.2 Å². The number of methoxy groups -OCH3 is 1. The molecule has 18 heteroatoms. The number of nitrogens with one attached hydrogen (secondary N) is 3. The van der Waals surface area contributed by atoms with Crippen molar-refractivity contribution in [2.75, 3.05) is 68.6 Å². The van der Waals surface area contributed by atoms with Gasteiger partial charge in [-0.3, -0.25) is 24.1 Å². The van der Waals surface area contributed by atoms with Gasteiger partial charge >= 0.3 is 12.2 Å². The number of amides is 3. The van der Waals surface area contributed by atoms with Crippen molar-refractivity contribution in [1.82, 2.24) is 10.2 Å². The monoisotopic (exact) mass is 969 g/mol. The molecule has 5 aromatic carbocycles. The first-order valence-electron chi connectivity index (χ1n) is 21.1. The third-order valence-electron chi connectivity index (χ3n) is 11.4. The molecule has 5 aromatic rings. The van der Waals surface area contributed by atoms with E-state index in [1.165, 1.54) is 31.4 Å². The highest BCUT2D eigenvalue weighted by atomic mass is 79.9. The summed E-state index contributed by atoms with van der Waals surface area (Å²) in [5, 5.41) is 19.3. The minimum atomic E-state index is -4.30.